The summed E-state index contributed by atoms with van der Waals surface area (Å²) in [6, 6.07) is 14.4. The molecule has 0 saturated heterocycles. The van der Waals surface area contributed by atoms with E-state index in [0.29, 0.717) is 0 Å². The first kappa shape index (κ1) is 20.6. The predicted molar refractivity (Wildman–Crippen MR) is 126 cm³/mol. The summed E-state index contributed by atoms with van der Waals surface area (Å²) in [6.45, 7) is 2.78. The van der Waals surface area contributed by atoms with E-state index in [1.165, 1.54) is 15.3 Å². The third-order valence-electron chi connectivity index (χ3n) is 5.66. The lowest BCUT2D eigenvalue weighted by atomic mass is 10.1. The van der Waals surface area contributed by atoms with Crippen molar-refractivity contribution in [1.82, 2.24) is 19.9 Å². The summed E-state index contributed by atoms with van der Waals surface area (Å²) in [7, 11) is 3.32. The highest BCUT2D eigenvalue weighted by atomic mass is 32.1. The molecule has 0 spiro atoms. The lowest BCUT2D eigenvalue weighted by Crippen LogP contribution is -2.30. The van der Waals surface area contributed by atoms with Crippen molar-refractivity contribution in [3.63, 3.8) is 0 Å². The molecule has 0 N–H and O–H groups in total. The third-order valence-corrected chi connectivity index (χ3v) is 6.78. The molecule has 0 bridgehead atoms. The van der Waals surface area contributed by atoms with E-state index in [1.807, 2.05) is 41.8 Å². The number of nitrogens with zero attached hydrogens (tertiary/aromatic N) is 4. The van der Waals surface area contributed by atoms with Crippen LogP contribution in [0.15, 0.2) is 61.1 Å². The van der Waals surface area contributed by atoms with E-state index in [0.717, 1.165) is 60.2 Å². The number of aromatic nitrogens is 3. The Bertz CT molecular complexity index is 1230. The molecule has 0 aliphatic carbocycles. The van der Waals surface area contributed by atoms with Crippen LogP contribution in [0.25, 0.3) is 21.8 Å². The van der Waals surface area contributed by atoms with Gasteiger partial charge < -0.3 is 9.47 Å². The monoisotopic (exact) mass is 444 g/mol. The van der Waals surface area contributed by atoms with Crippen LogP contribution >= 0.6 is 11.3 Å². The van der Waals surface area contributed by atoms with Gasteiger partial charge >= 0.3 is 0 Å². The minimum absolute atomic E-state index is 0.745. The van der Waals surface area contributed by atoms with Crippen molar-refractivity contribution in [3.8, 4) is 33.3 Å². The molecule has 0 saturated carbocycles. The summed E-state index contributed by atoms with van der Waals surface area (Å²) in [5.74, 6) is 2.27. The van der Waals surface area contributed by atoms with E-state index in [-0.39, 0.29) is 0 Å². The molecule has 1 aromatic carbocycles. The molecule has 0 fully saturated rings. The fourth-order valence-electron chi connectivity index (χ4n) is 3.98. The van der Waals surface area contributed by atoms with Gasteiger partial charge in [-0.1, -0.05) is 0 Å². The topological polar surface area (TPSA) is 60.4 Å². The number of thiophene rings is 1. The Hall–Kier alpha value is -3.29. The fraction of sp³-hybridized carbons (Fsp3) is 0.240. The van der Waals surface area contributed by atoms with Crippen molar-refractivity contribution in [2.24, 2.45) is 0 Å². The number of pyridine rings is 1. The standard InChI is InChI=1S/C25H24N4O2S/c1-30-22-5-3-18(13-23(22)31-2)24-6-4-20(32-24)16-29-12-9-21-19(15-29)14-27-25(28-21)17-7-10-26-11-8-17/h3-8,10-11,13-14H,9,12,15-16H2,1-2H3. The highest BCUT2D eigenvalue weighted by molar-refractivity contribution is 7.15. The first-order valence-corrected chi connectivity index (χ1v) is 11.3. The number of methoxy groups -OCH3 is 2. The van der Waals surface area contributed by atoms with E-state index in [9.17, 15) is 0 Å². The number of fused-ring (bicyclic) bond motifs is 1. The second-order valence-electron chi connectivity index (χ2n) is 7.70. The first-order valence-electron chi connectivity index (χ1n) is 10.5. The second kappa shape index (κ2) is 9.06. The molecule has 0 radical (unpaired) electrons. The van der Waals surface area contributed by atoms with Gasteiger partial charge in [-0.05, 0) is 48.0 Å². The van der Waals surface area contributed by atoms with Gasteiger partial charge in [0.15, 0.2) is 17.3 Å². The van der Waals surface area contributed by atoms with Crippen LogP contribution in [0, 0.1) is 0 Å². The van der Waals surface area contributed by atoms with Gasteiger partial charge in [-0.25, -0.2) is 9.97 Å². The van der Waals surface area contributed by atoms with Gasteiger partial charge in [0.2, 0.25) is 0 Å². The van der Waals surface area contributed by atoms with Gasteiger partial charge in [-0.2, -0.15) is 0 Å². The maximum atomic E-state index is 5.45. The Labute approximate surface area is 191 Å². The minimum atomic E-state index is 0.745. The summed E-state index contributed by atoms with van der Waals surface area (Å²) in [4.78, 5) is 18.5. The fourth-order valence-corrected chi connectivity index (χ4v) is 5.02. The highest BCUT2D eigenvalue weighted by Gasteiger charge is 2.20. The molecule has 162 valence electrons. The molecule has 1 aliphatic heterocycles. The average molecular weight is 445 g/mol. The van der Waals surface area contributed by atoms with Gasteiger partial charge in [0.25, 0.3) is 0 Å². The summed E-state index contributed by atoms with van der Waals surface area (Å²) >= 11 is 1.82. The Kier molecular flexibility index (Phi) is 5.83. The molecule has 7 heteroatoms. The zero-order valence-electron chi connectivity index (χ0n) is 18.1. The summed E-state index contributed by atoms with van der Waals surface area (Å²) in [5, 5.41) is 0. The number of hydrogen-bond donors (Lipinski definition) is 0. The zero-order valence-corrected chi connectivity index (χ0v) is 18.9. The number of rotatable bonds is 6. The van der Waals surface area contributed by atoms with Crippen LogP contribution in [0.1, 0.15) is 16.1 Å². The molecule has 4 aromatic rings. The van der Waals surface area contributed by atoms with E-state index in [4.69, 9.17) is 14.5 Å². The lowest BCUT2D eigenvalue weighted by molar-refractivity contribution is 0.245. The van der Waals surface area contributed by atoms with E-state index in [2.05, 4.69) is 33.1 Å². The summed E-state index contributed by atoms with van der Waals surface area (Å²) in [5.41, 5.74) is 4.51. The lowest BCUT2D eigenvalue weighted by Gasteiger charge is -2.27. The molecule has 4 heterocycles. The van der Waals surface area contributed by atoms with Crippen LogP contribution in [0.3, 0.4) is 0 Å². The van der Waals surface area contributed by atoms with Crippen molar-refractivity contribution >= 4 is 11.3 Å². The van der Waals surface area contributed by atoms with E-state index >= 15 is 0 Å². The molecule has 6 nitrogen and oxygen atoms in total. The third kappa shape index (κ3) is 4.22. The maximum Gasteiger partial charge on any atom is 0.161 e. The predicted octanol–water partition coefficient (Wildman–Crippen LogP) is 4.84. The largest absolute Gasteiger partial charge is 0.493 e. The van der Waals surface area contributed by atoms with Crippen molar-refractivity contribution < 1.29 is 9.47 Å². The van der Waals surface area contributed by atoms with Crippen LogP contribution in [0.5, 0.6) is 11.5 Å². The van der Waals surface area contributed by atoms with Crippen LogP contribution in [0.4, 0.5) is 0 Å². The average Bonchev–Trinajstić information content (AvgIpc) is 3.32. The number of ether oxygens (including phenoxy) is 2. The molecule has 0 atom stereocenters. The number of benzene rings is 1. The van der Waals surface area contributed by atoms with Crippen LogP contribution in [-0.4, -0.2) is 40.6 Å². The molecule has 0 amide bonds. The minimum Gasteiger partial charge on any atom is -0.493 e. The Morgan fingerprint density at radius 3 is 2.62 bits per heavy atom. The Morgan fingerprint density at radius 2 is 1.81 bits per heavy atom. The van der Waals surface area contributed by atoms with Gasteiger partial charge in [-0.15, -0.1) is 11.3 Å². The maximum absolute atomic E-state index is 5.45. The van der Waals surface area contributed by atoms with Gasteiger partial charge in [0.1, 0.15) is 0 Å². The van der Waals surface area contributed by atoms with Crippen molar-refractivity contribution in [3.05, 3.63) is 77.2 Å². The van der Waals surface area contributed by atoms with Gasteiger partial charge in [0.05, 0.1) is 19.9 Å². The second-order valence-corrected chi connectivity index (χ2v) is 8.87. The van der Waals surface area contributed by atoms with Gasteiger partial charge in [0, 0.05) is 65.5 Å². The van der Waals surface area contributed by atoms with Crippen molar-refractivity contribution in [2.75, 3.05) is 20.8 Å². The quantitative estimate of drug-likeness (QED) is 0.424. The van der Waals surface area contributed by atoms with Crippen molar-refractivity contribution in [1.29, 1.82) is 0 Å². The summed E-state index contributed by atoms with van der Waals surface area (Å²) < 4.78 is 10.8. The normalized spacial score (nSPS) is 13.6. The Morgan fingerprint density at radius 1 is 0.969 bits per heavy atom. The van der Waals surface area contributed by atoms with Crippen molar-refractivity contribution in [2.45, 2.75) is 19.5 Å². The van der Waals surface area contributed by atoms with Crippen LogP contribution < -0.4 is 9.47 Å². The Balaban J connectivity index is 1.28. The van der Waals surface area contributed by atoms with Crippen LogP contribution in [0.2, 0.25) is 0 Å². The smallest absolute Gasteiger partial charge is 0.161 e. The zero-order chi connectivity index (χ0) is 21.9. The highest BCUT2D eigenvalue weighted by Crippen LogP contribution is 2.36. The molecule has 1 aliphatic rings. The van der Waals surface area contributed by atoms with Crippen LogP contribution in [-0.2, 0) is 19.5 Å². The number of hydrogen-bond acceptors (Lipinski definition) is 7. The first-order chi connectivity index (χ1) is 15.7. The molecular formula is C25H24N4O2S. The molecule has 5 rings (SSSR count). The van der Waals surface area contributed by atoms with E-state index < -0.39 is 0 Å². The molecule has 32 heavy (non-hydrogen) atoms. The van der Waals surface area contributed by atoms with E-state index in [1.54, 1.807) is 26.6 Å². The van der Waals surface area contributed by atoms with Gasteiger partial charge in [-0.3, -0.25) is 9.88 Å². The molecular weight excluding hydrogens is 420 g/mol. The molecule has 0 unspecified atom stereocenters. The SMILES string of the molecule is COc1ccc(-c2ccc(CN3CCc4nc(-c5ccncc5)ncc4C3)s2)cc1OC. The summed E-state index contributed by atoms with van der Waals surface area (Å²) in [6.07, 6.45) is 6.46. The molecule has 3 aromatic heterocycles.